The van der Waals surface area contributed by atoms with E-state index in [-0.39, 0.29) is 17.7 Å². The fraction of sp³-hybridized carbons (Fsp3) is 0.400. The summed E-state index contributed by atoms with van der Waals surface area (Å²) in [6.07, 6.45) is 2.71. The van der Waals surface area contributed by atoms with Crippen molar-refractivity contribution in [3.63, 3.8) is 0 Å². The Morgan fingerprint density at radius 3 is 2.14 bits per heavy atom. The lowest BCUT2D eigenvalue weighted by Crippen LogP contribution is -2.43. The number of nitrogens with one attached hydrogen (secondary N) is 1. The number of carbonyl (C=O) groups is 3. The normalized spacial score (nSPS) is 15.8. The van der Waals surface area contributed by atoms with Crippen LogP contribution in [0, 0.1) is 5.41 Å². The summed E-state index contributed by atoms with van der Waals surface area (Å²) in [6.45, 7) is 0.357. The van der Waals surface area contributed by atoms with Crippen molar-refractivity contribution < 1.29 is 19.5 Å². The van der Waals surface area contributed by atoms with E-state index in [2.05, 4.69) is 5.32 Å². The van der Waals surface area contributed by atoms with Gasteiger partial charge in [-0.1, -0.05) is 6.42 Å². The van der Waals surface area contributed by atoms with Crippen LogP contribution in [0.4, 0.5) is 0 Å². The van der Waals surface area contributed by atoms with Gasteiger partial charge in [-0.2, -0.15) is 0 Å². The van der Waals surface area contributed by atoms with E-state index in [9.17, 15) is 14.4 Å². The average Bonchev–Trinajstić information content (AvgIpc) is 2.41. The number of benzene rings is 1. The quantitative estimate of drug-likeness (QED) is 0.730. The minimum absolute atomic E-state index is 0.0773. The molecule has 1 saturated carbocycles. The zero-order valence-corrected chi connectivity index (χ0v) is 11.6. The van der Waals surface area contributed by atoms with Crippen LogP contribution in [0.3, 0.4) is 0 Å². The minimum atomic E-state index is -0.838. The highest BCUT2D eigenvalue weighted by atomic mass is 16.4. The standard InChI is InChI=1S/C15H18N2O4/c16-13(20)10-2-4-11(5-3-10)14(21)17-9-15(6-1-7-15)8-12(18)19/h2-5H,1,6-9H2,(H2,16,20)(H,17,21)(H,18,19). The van der Waals surface area contributed by atoms with Gasteiger partial charge in [-0.15, -0.1) is 0 Å². The van der Waals surface area contributed by atoms with E-state index in [4.69, 9.17) is 10.8 Å². The molecule has 1 aliphatic carbocycles. The van der Waals surface area contributed by atoms with Gasteiger partial charge in [0.25, 0.3) is 5.91 Å². The fourth-order valence-corrected chi connectivity index (χ4v) is 2.57. The number of hydrogen-bond donors (Lipinski definition) is 3. The molecule has 6 heteroatoms. The van der Waals surface area contributed by atoms with Crippen LogP contribution < -0.4 is 11.1 Å². The van der Waals surface area contributed by atoms with Gasteiger partial charge in [0.2, 0.25) is 5.91 Å². The van der Waals surface area contributed by atoms with E-state index < -0.39 is 11.9 Å². The van der Waals surface area contributed by atoms with E-state index in [0.29, 0.717) is 17.7 Å². The van der Waals surface area contributed by atoms with Crippen molar-refractivity contribution in [1.82, 2.24) is 5.32 Å². The molecule has 1 fully saturated rings. The first-order valence-corrected chi connectivity index (χ1v) is 6.82. The Morgan fingerprint density at radius 2 is 1.71 bits per heavy atom. The van der Waals surface area contributed by atoms with Gasteiger partial charge in [-0.05, 0) is 42.5 Å². The van der Waals surface area contributed by atoms with Crippen molar-refractivity contribution in [2.45, 2.75) is 25.7 Å². The highest BCUT2D eigenvalue weighted by Gasteiger charge is 2.39. The van der Waals surface area contributed by atoms with Crippen LogP contribution in [0.25, 0.3) is 0 Å². The summed E-state index contributed by atoms with van der Waals surface area (Å²) in [4.78, 5) is 33.8. The molecule has 1 aromatic rings. The summed E-state index contributed by atoms with van der Waals surface area (Å²) in [5, 5.41) is 11.7. The maximum atomic E-state index is 12.0. The molecule has 21 heavy (non-hydrogen) atoms. The van der Waals surface area contributed by atoms with Crippen LogP contribution >= 0.6 is 0 Å². The van der Waals surface area contributed by atoms with Gasteiger partial charge in [0.15, 0.2) is 0 Å². The highest BCUT2D eigenvalue weighted by Crippen LogP contribution is 2.43. The van der Waals surface area contributed by atoms with Crippen LogP contribution in [-0.2, 0) is 4.79 Å². The van der Waals surface area contributed by atoms with Crippen LogP contribution in [0.1, 0.15) is 46.4 Å². The number of carboxylic acids is 1. The van der Waals surface area contributed by atoms with Gasteiger partial charge in [-0.25, -0.2) is 0 Å². The van der Waals surface area contributed by atoms with Gasteiger partial charge in [0.1, 0.15) is 0 Å². The Labute approximate surface area is 122 Å². The molecule has 1 aromatic carbocycles. The van der Waals surface area contributed by atoms with E-state index in [1.165, 1.54) is 24.3 Å². The van der Waals surface area contributed by atoms with Crippen molar-refractivity contribution in [2.75, 3.05) is 6.54 Å². The van der Waals surface area contributed by atoms with Crippen molar-refractivity contribution in [1.29, 1.82) is 0 Å². The summed E-state index contributed by atoms with van der Waals surface area (Å²) >= 11 is 0. The topological polar surface area (TPSA) is 109 Å². The number of carbonyl (C=O) groups excluding carboxylic acids is 2. The molecule has 2 rings (SSSR count). The Morgan fingerprint density at radius 1 is 1.14 bits per heavy atom. The van der Waals surface area contributed by atoms with Gasteiger partial charge in [0, 0.05) is 17.7 Å². The summed E-state index contributed by atoms with van der Waals surface area (Å²) in [7, 11) is 0. The molecule has 0 bridgehead atoms. The summed E-state index contributed by atoms with van der Waals surface area (Å²) < 4.78 is 0. The third-order valence-corrected chi connectivity index (χ3v) is 4.00. The zero-order valence-electron chi connectivity index (χ0n) is 11.6. The smallest absolute Gasteiger partial charge is 0.303 e. The molecule has 1 aliphatic rings. The molecular formula is C15H18N2O4. The third-order valence-electron chi connectivity index (χ3n) is 4.00. The van der Waals surface area contributed by atoms with Crippen molar-refractivity contribution in [3.05, 3.63) is 35.4 Å². The summed E-state index contributed by atoms with van der Waals surface area (Å²) in [5.41, 5.74) is 5.58. The number of aliphatic carboxylic acids is 1. The van der Waals surface area contributed by atoms with Crippen molar-refractivity contribution in [2.24, 2.45) is 11.1 Å². The Hall–Kier alpha value is -2.37. The Bertz CT molecular complexity index is 562. The van der Waals surface area contributed by atoms with E-state index >= 15 is 0 Å². The van der Waals surface area contributed by atoms with E-state index in [1.807, 2.05) is 0 Å². The van der Waals surface area contributed by atoms with Gasteiger partial charge in [0.05, 0.1) is 6.42 Å². The first-order chi connectivity index (χ1) is 9.92. The maximum Gasteiger partial charge on any atom is 0.303 e. The van der Waals surface area contributed by atoms with Crippen molar-refractivity contribution >= 4 is 17.8 Å². The molecule has 0 radical (unpaired) electrons. The molecule has 112 valence electrons. The summed E-state index contributed by atoms with van der Waals surface area (Å²) in [5.74, 6) is -1.66. The van der Waals surface area contributed by atoms with Crippen LogP contribution in [-0.4, -0.2) is 29.4 Å². The van der Waals surface area contributed by atoms with E-state index in [1.54, 1.807) is 0 Å². The molecule has 0 atom stereocenters. The predicted molar refractivity (Wildman–Crippen MR) is 75.8 cm³/mol. The monoisotopic (exact) mass is 290 g/mol. The number of amides is 2. The zero-order chi connectivity index (χ0) is 15.5. The number of carboxylic acid groups (broad SMARTS) is 1. The number of nitrogens with two attached hydrogens (primary N) is 1. The second-order valence-corrected chi connectivity index (χ2v) is 5.55. The molecule has 2 amide bonds. The molecule has 6 nitrogen and oxygen atoms in total. The highest BCUT2D eigenvalue weighted by molar-refractivity contribution is 5.97. The van der Waals surface area contributed by atoms with Gasteiger partial charge >= 0.3 is 5.97 Å². The predicted octanol–water partition coefficient (Wildman–Crippen LogP) is 1.16. The Balaban J connectivity index is 1.95. The van der Waals surface area contributed by atoms with Crippen molar-refractivity contribution in [3.8, 4) is 0 Å². The second-order valence-electron chi connectivity index (χ2n) is 5.55. The van der Waals surface area contributed by atoms with E-state index in [0.717, 1.165) is 19.3 Å². The lowest BCUT2D eigenvalue weighted by atomic mass is 9.66. The first-order valence-electron chi connectivity index (χ1n) is 6.82. The molecule has 0 aromatic heterocycles. The molecule has 0 saturated heterocycles. The number of primary amides is 1. The SMILES string of the molecule is NC(=O)c1ccc(C(=O)NCC2(CC(=O)O)CCC2)cc1. The molecule has 0 unspecified atom stereocenters. The van der Waals surface area contributed by atoms with Crippen LogP contribution in [0.2, 0.25) is 0 Å². The maximum absolute atomic E-state index is 12.0. The van der Waals surface area contributed by atoms with Crippen LogP contribution in [0.15, 0.2) is 24.3 Å². The molecule has 4 N–H and O–H groups in total. The van der Waals surface area contributed by atoms with Crippen LogP contribution in [0.5, 0.6) is 0 Å². The first kappa shape index (κ1) is 15.0. The lowest BCUT2D eigenvalue weighted by molar-refractivity contribution is -0.141. The number of hydrogen-bond acceptors (Lipinski definition) is 3. The molecule has 0 heterocycles. The third kappa shape index (κ3) is 3.59. The molecular weight excluding hydrogens is 272 g/mol. The van der Waals surface area contributed by atoms with Gasteiger partial charge < -0.3 is 16.2 Å². The average molecular weight is 290 g/mol. The second kappa shape index (κ2) is 5.95. The molecule has 0 spiro atoms. The fourth-order valence-electron chi connectivity index (χ4n) is 2.57. The minimum Gasteiger partial charge on any atom is -0.481 e. The summed E-state index contributed by atoms with van der Waals surface area (Å²) in [6, 6.07) is 6.04. The Kier molecular flexibility index (Phi) is 4.26. The lowest BCUT2D eigenvalue weighted by Gasteiger charge is -2.40. The van der Waals surface area contributed by atoms with Gasteiger partial charge in [-0.3, -0.25) is 14.4 Å². The molecule has 0 aliphatic heterocycles. The largest absolute Gasteiger partial charge is 0.481 e. The number of rotatable bonds is 6.